The molecule has 5 atom stereocenters. The van der Waals surface area contributed by atoms with Crippen LogP contribution in [0.4, 0.5) is 4.39 Å². The van der Waals surface area contributed by atoms with Gasteiger partial charge in [0.05, 0.1) is 12.6 Å². The van der Waals surface area contributed by atoms with Crippen molar-refractivity contribution in [2.24, 2.45) is 11.8 Å². The van der Waals surface area contributed by atoms with Crippen LogP contribution in [0.3, 0.4) is 0 Å². The Balaban J connectivity index is 1.44. The molecule has 0 radical (unpaired) electrons. The maximum Gasteiger partial charge on any atom is 0.237 e. The second-order valence-electron chi connectivity index (χ2n) is 7.82. The molecule has 4 saturated carbocycles. The van der Waals surface area contributed by atoms with Crippen LogP contribution in [0.2, 0.25) is 0 Å². The van der Waals surface area contributed by atoms with E-state index in [1.165, 1.54) is 0 Å². The zero-order valence-electron chi connectivity index (χ0n) is 13.0. The highest BCUT2D eigenvalue weighted by Crippen LogP contribution is 2.63. The van der Waals surface area contributed by atoms with Crippen molar-refractivity contribution in [2.45, 2.75) is 68.6 Å². The molecule has 4 nitrogen and oxygen atoms in total. The van der Waals surface area contributed by atoms with E-state index in [1.54, 1.807) is 4.90 Å². The van der Waals surface area contributed by atoms with Gasteiger partial charge in [0.1, 0.15) is 11.7 Å². The van der Waals surface area contributed by atoms with E-state index < -0.39 is 5.67 Å². The van der Waals surface area contributed by atoms with Crippen molar-refractivity contribution in [3.63, 3.8) is 0 Å². The van der Waals surface area contributed by atoms with E-state index in [0.29, 0.717) is 25.3 Å². The van der Waals surface area contributed by atoms with Crippen molar-refractivity contribution < 1.29 is 9.18 Å². The Kier molecular flexibility index (Phi) is 3.23. The SMILES string of the molecule is N#C[C@@H]1CCCN1C(=O)CNC12CC3CC1CCCC3(F)C2. The Labute approximate surface area is 131 Å². The molecule has 1 amide bonds. The predicted octanol–water partition coefficient (Wildman–Crippen LogP) is 2.15. The van der Waals surface area contributed by atoms with Crippen molar-refractivity contribution in [1.29, 1.82) is 5.26 Å². The first kappa shape index (κ1) is 14.4. The largest absolute Gasteiger partial charge is 0.326 e. The number of nitriles is 1. The number of nitrogens with one attached hydrogen (secondary N) is 1. The molecule has 120 valence electrons. The standard InChI is InChI=1S/C17H24FN3O/c18-16-5-1-3-12-7-13(16)8-17(12,11-16)20-10-15(22)21-6-2-4-14(21)9-19/h12-14,20H,1-8,10-11H2/t12?,13?,14-,16?,17?/m0/s1. The fourth-order valence-electron chi connectivity index (χ4n) is 5.70. The minimum Gasteiger partial charge on any atom is -0.326 e. The van der Waals surface area contributed by atoms with E-state index in [-0.39, 0.29) is 30.0 Å². The second-order valence-corrected chi connectivity index (χ2v) is 7.82. The molecule has 4 bridgehead atoms. The minimum atomic E-state index is -0.994. The van der Waals surface area contributed by atoms with Gasteiger partial charge in [-0.15, -0.1) is 0 Å². The van der Waals surface area contributed by atoms with Gasteiger partial charge in [-0.25, -0.2) is 4.39 Å². The van der Waals surface area contributed by atoms with E-state index in [1.807, 2.05) is 0 Å². The van der Waals surface area contributed by atoms with Crippen LogP contribution in [0.15, 0.2) is 0 Å². The molecule has 22 heavy (non-hydrogen) atoms. The molecular weight excluding hydrogens is 281 g/mol. The second kappa shape index (κ2) is 4.92. The predicted molar refractivity (Wildman–Crippen MR) is 79.6 cm³/mol. The summed E-state index contributed by atoms with van der Waals surface area (Å²) in [7, 11) is 0. The maximum absolute atomic E-state index is 15.0. The number of amides is 1. The van der Waals surface area contributed by atoms with Crippen LogP contribution in [0, 0.1) is 23.2 Å². The number of fused-ring (bicyclic) bond motifs is 2. The zero-order chi connectivity index (χ0) is 15.4. The Morgan fingerprint density at radius 1 is 1.36 bits per heavy atom. The van der Waals surface area contributed by atoms with Gasteiger partial charge in [0.15, 0.2) is 0 Å². The molecule has 1 heterocycles. The highest BCUT2D eigenvalue weighted by molar-refractivity contribution is 5.79. The maximum atomic E-state index is 15.0. The molecule has 0 aromatic rings. The lowest BCUT2D eigenvalue weighted by molar-refractivity contribution is -0.130. The van der Waals surface area contributed by atoms with Gasteiger partial charge in [-0.1, -0.05) is 0 Å². The van der Waals surface area contributed by atoms with E-state index in [4.69, 9.17) is 5.26 Å². The topological polar surface area (TPSA) is 56.1 Å². The first-order valence-electron chi connectivity index (χ1n) is 8.69. The summed E-state index contributed by atoms with van der Waals surface area (Å²) in [5, 5.41) is 12.6. The van der Waals surface area contributed by atoms with Gasteiger partial charge >= 0.3 is 0 Å². The Bertz CT molecular complexity index is 532. The summed E-state index contributed by atoms with van der Waals surface area (Å²) in [4.78, 5) is 14.1. The fraction of sp³-hybridized carbons (Fsp3) is 0.882. The number of carbonyl (C=O) groups excluding carboxylic acids is 1. The highest BCUT2D eigenvalue weighted by atomic mass is 19.1. The van der Waals surface area contributed by atoms with Gasteiger partial charge in [0.25, 0.3) is 0 Å². The number of rotatable bonds is 3. The van der Waals surface area contributed by atoms with Crippen molar-refractivity contribution in [2.75, 3.05) is 13.1 Å². The number of likely N-dealkylation sites (tertiary alicyclic amines) is 1. The van der Waals surface area contributed by atoms with Crippen LogP contribution in [-0.4, -0.2) is 41.1 Å². The number of hydrogen-bond donors (Lipinski definition) is 1. The van der Waals surface area contributed by atoms with Crippen molar-refractivity contribution in [3.8, 4) is 6.07 Å². The van der Waals surface area contributed by atoms with Gasteiger partial charge in [-0.05, 0) is 56.8 Å². The summed E-state index contributed by atoms with van der Waals surface area (Å²) in [6.07, 6.45) is 6.94. The summed E-state index contributed by atoms with van der Waals surface area (Å²) in [5.41, 5.74) is -1.15. The van der Waals surface area contributed by atoms with E-state index >= 15 is 4.39 Å². The van der Waals surface area contributed by atoms with Crippen molar-refractivity contribution >= 4 is 5.91 Å². The Hall–Kier alpha value is -1.15. The lowest BCUT2D eigenvalue weighted by Gasteiger charge is -2.38. The zero-order valence-corrected chi connectivity index (χ0v) is 13.0. The normalized spacial score (nSPS) is 46.0. The number of nitrogens with zero attached hydrogens (tertiary/aromatic N) is 2. The molecule has 0 spiro atoms. The van der Waals surface area contributed by atoms with Crippen molar-refractivity contribution in [3.05, 3.63) is 0 Å². The molecule has 4 aliphatic carbocycles. The molecule has 5 aliphatic rings. The quantitative estimate of drug-likeness (QED) is 0.869. The monoisotopic (exact) mass is 305 g/mol. The van der Waals surface area contributed by atoms with Crippen LogP contribution in [0.25, 0.3) is 0 Å². The third-order valence-corrected chi connectivity index (χ3v) is 6.76. The smallest absolute Gasteiger partial charge is 0.237 e. The summed E-state index contributed by atoms with van der Waals surface area (Å²) in [6.45, 7) is 0.947. The van der Waals surface area contributed by atoms with E-state index in [2.05, 4.69) is 11.4 Å². The van der Waals surface area contributed by atoms with Gasteiger partial charge in [0, 0.05) is 18.5 Å². The minimum absolute atomic E-state index is 0.0104. The third kappa shape index (κ3) is 2.00. The average molecular weight is 305 g/mol. The lowest BCUT2D eigenvalue weighted by atomic mass is 9.78. The molecular formula is C17H24FN3O. The van der Waals surface area contributed by atoms with Crippen LogP contribution >= 0.6 is 0 Å². The molecule has 0 aromatic carbocycles. The van der Waals surface area contributed by atoms with E-state index in [0.717, 1.165) is 38.5 Å². The van der Waals surface area contributed by atoms with Crippen molar-refractivity contribution in [1.82, 2.24) is 10.2 Å². The average Bonchev–Trinajstić information content (AvgIpc) is 3.12. The molecule has 5 rings (SSSR count). The molecule has 1 saturated heterocycles. The number of halogens is 1. The van der Waals surface area contributed by atoms with Gasteiger partial charge in [0.2, 0.25) is 5.91 Å². The summed E-state index contributed by atoms with van der Waals surface area (Å²) >= 11 is 0. The van der Waals surface area contributed by atoms with E-state index in [9.17, 15) is 4.79 Å². The Morgan fingerprint density at radius 2 is 2.23 bits per heavy atom. The number of carbonyl (C=O) groups is 1. The van der Waals surface area contributed by atoms with Crippen LogP contribution < -0.4 is 5.32 Å². The van der Waals surface area contributed by atoms with Gasteiger partial charge in [-0.2, -0.15) is 5.26 Å². The molecule has 0 aromatic heterocycles. The molecule has 1 N–H and O–H groups in total. The summed E-state index contributed by atoms with van der Waals surface area (Å²) in [6, 6.07) is 1.95. The van der Waals surface area contributed by atoms with Gasteiger partial charge < -0.3 is 10.2 Å². The van der Waals surface area contributed by atoms with Crippen LogP contribution in [-0.2, 0) is 4.79 Å². The molecule has 5 heteroatoms. The third-order valence-electron chi connectivity index (χ3n) is 6.76. The fourth-order valence-corrected chi connectivity index (χ4v) is 5.70. The number of alkyl halides is 1. The molecule has 1 aliphatic heterocycles. The highest BCUT2D eigenvalue weighted by Gasteiger charge is 2.64. The van der Waals surface area contributed by atoms with Crippen LogP contribution in [0.5, 0.6) is 0 Å². The lowest BCUT2D eigenvalue weighted by Crippen LogP contribution is -2.53. The summed E-state index contributed by atoms with van der Waals surface area (Å²) < 4.78 is 15.0. The molecule has 5 fully saturated rings. The summed E-state index contributed by atoms with van der Waals surface area (Å²) in [5.74, 6) is 0.736. The molecule has 4 unspecified atom stereocenters. The van der Waals surface area contributed by atoms with Gasteiger partial charge in [-0.3, -0.25) is 4.79 Å². The number of hydrogen-bond acceptors (Lipinski definition) is 3. The first-order valence-corrected chi connectivity index (χ1v) is 8.69. The van der Waals surface area contributed by atoms with Crippen LogP contribution in [0.1, 0.15) is 51.4 Å². The first-order chi connectivity index (χ1) is 10.6. The Morgan fingerprint density at radius 3 is 3.05 bits per heavy atom.